The summed E-state index contributed by atoms with van der Waals surface area (Å²) in [5.74, 6) is -0.828. The topological polar surface area (TPSA) is 56.6 Å². The van der Waals surface area contributed by atoms with Crippen LogP contribution in [0.15, 0.2) is 18.2 Å². The van der Waals surface area contributed by atoms with Crippen molar-refractivity contribution in [3.05, 3.63) is 35.1 Å². The van der Waals surface area contributed by atoms with E-state index in [-0.39, 0.29) is 23.6 Å². The molecule has 0 spiro atoms. The van der Waals surface area contributed by atoms with Gasteiger partial charge >= 0.3 is 0 Å². The van der Waals surface area contributed by atoms with Gasteiger partial charge in [-0.2, -0.15) is 5.26 Å². The van der Waals surface area contributed by atoms with E-state index in [1.165, 1.54) is 12.1 Å². The highest BCUT2D eigenvalue weighted by molar-refractivity contribution is 5.94. The summed E-state index contributed by atoms with van der Waals surface area (Å²) >= 11 is 0. The van der Waals surface area contributed by atoms with Gasteiger partial charge < -0.3 is 9.64 Å². The highest BCUT2D eigenvalue weighted by Crippen LogP contribution is 2.19. The van der Waals surface area contributed by atoms with Crippen LogP contribution in [-0.2, 0) is 4.74 Å². The van der Waals surface area contributed by atoms with Gasteiger partial charge in [-0.15, -0.1) is 0 Å². The molecule has 2 atom stereocenters. The number of hydrogen-bond acceptors (Lipinski definition) is 4. The van der Waals surface area contributed by atoms with Gasteiger partial charge in [0.2, 0.25) is 0 Å². The highest BCUT2D eigenvalue weighted by atomic mass is 19.1. The van der Waals surface area contributed by atoms with Crippen LogP contribution in [0.1, 0.15) is 22.3 Å². The van der Waals surface area contributed by atoms with Gasteiger partial charge in [0.15, 0.2) is 0 Å². The minimum Gasteiger partial charge on any atom is -0.380 e. The fraction of sp³-hybridized carbons (Fsp3) is 0.500. The van der Waals surface area contributed by atoms with Gasteiger partial charge in [-0.05, 0) is 31.7 Å². The van der Waals surface area contributed by atoms with Crippen LogP contribution in [0.2, 0.25) is 0 Å². The lowest BCUT2D eigenvalue weighted by atomic mass is 10.1. The molecule has 0 bridgehead atoms. The van der Waals surface area contributed by atoms with Gasteiger partial charge in [0.1, 0.15) is 11.9 Å². The number of halogens is 1. The SMILES string of the molecule is CO[C@H]1C[C@@H](CN(C)C(=O)c2ccc(F)c(C#N)c2)N(C)C1. The third kappa shape index (κ3) is 3.43. The van der Waals surface area contributed by atoms with Gasteiger partial charge in [0.05, 0.1) is 11.7 Å². The van der Waals surface area contributed by atoms with E-state index < -0.39 is 5.82 Å². The number of hydrogen-bond donors (Lipinski definition) is 0. The Kier molecular flexibility index (Phi) is 5.11. The summed E-state index contributed by atoms with van der Waals surface area (Å²) in [5.41, 5.74) is 0.209. The van der Waals surface area contributed by atoms with Crippen molar-refractivity contribution < 1.29 is 13.9 Å². The molecular weight excluding hydrogens is 285 g/mol. The number of amides is 1. The lowest BCUT2D eigenvalue weighted by Gasteiger charge is -2.25. The molecule has 1 heterocycles. The highest BCUT2D eigenvalue weighted by Gasteiger charge is 2.31. The van der Waals surface area contributed by atoms with E-state index in [1.807, 2.05) is 7.05 Å². The van der Waals surface area contributed by atoms with Gasteiger partial charge in [-0.25, -0.2) is 4.39 Å². The zero-order valence-corrected chi connectivity index (χ0v) is 13.0. The first-order valence-corrected chi connectivity index (χ1v) is 7.14. The maximum Gasteiger partial charge on any atom is 0.253 e. The van der Waals surface area contributed by atoms with Crippen LogP contribution in [0.3, 0.4) is 0 Å². The number of rotatable bonds is 4. The molecule has 6 heteroatoms. The molecule has 1 aliphatic rings. The Morgan fingerprint density at radius 2 is 2.32 bits per heavy atom. The molecule has 0 saturated carbocycles. The van der Waals surface area contributed by atoms with Crippen LogP contribution in [-0.4, -0.2) is 62.1 Å². The van der Waals surface area contributed by atoms with Crippen molar-refractivity contribution in [3.63, 3.8) is 0 Å². The Hall–Kier alpha value is -1.97. The predicted molar refractivity (Wildman–Crippen MR) is 79.9 cm³/mol. The molecule has 0 N–H and O–H groups in total. The van der Waals surface area contributed by atoms with Gasteiger partial charge in [0, 0.05) is 38.9 Å². The van der Waals surface area contributed by atoms with Crippen molar-refractivity contribution in [2.45, 2.75) is 18.6 Å². The standard InChI is InChI=1S/C16H20FN3O2/c1-19-10-14(22-3)7-13(19)9-20(2)16(21)11-4-5-15(17)12(6-11)8-18/h4-6,13-14H,7,9-10H2,1-3H3/t13-,14-/m0/s1. The summed E-state index contributed by atoms with van der Waals surface area (Å²) < 4.78 is 18.7. The van der Waals surface area contributed by atoms with Gasteiger partial charge in [-0.3, -0.25) is 9.69 Å². The molecule has 1 saturated heterocycles. The zero-order chi connectivity index (χ0) is 16.3. The average Bonchev–Trinajstić information content (AvgIpc) is 2.87. The monoisotopic (exact) mass is 305 g/mol. The fourth-order valence-electron chi connectivity index (χ4n) is 2.78. The molecule has 5 nitrogen and oxygen atoms in total. The van der Waals surface area contributed by atoms with E-state index >= 15 is 0 Å². The Morgan fingerprint density at radius 1 is 1.59 bits per heavy atom. The van der Waals surface area contributed by atoms with Crippen molar-refractivity contribution in [3.8, 4) is 6.07 Å². The van der Waals surface area contributed by atoms with Crippen LogP contribution >= 0.6 is 0 Å². The van der Waals surface area contributed by atoms with Crippen LogP contribution in [0.4, 0.5) is 4.39 Å². The molecule has 0 radical (unpaired) electrons. The smallest absolute Gasteiger partial charge is 0.253 e. The van der Waals surface area contributed by atoms with E-state index in [2.05, 4.69) is 4.90 Å². The Labute approximate surface area is 129 Å². The maximum atomic E-state index is 13.3. The summed E-state index contributed by atoms with van der Waals surface area (Å²) in [6, 6.07) is 5.84. The zero-order valence-electron chi connectivity index (χ0n) is 13.0. The summed E-state index contributed by atoms with van der Waals surface area (Å²) in [6.45, 7) is 1.41. The van der Waals surface area contributed by atoms with Crippen LogP contribution in [0.25, 0.3) is 0 Å². The summed E-state index contributed by atoms with van der Waals surface area (Å²) in [5, 5.41) is 8.85. The molecule has 0 aliphatic carbocycles. The lowest BCUT2D eigenvalue weighted by Crippen LogP contribution is -2.39. The molecule has 0 unspecified atom stereocenters. The number of carbonyl (C=O) groups is 1. The summed E-state index contributed by atoms with van der Waals surface area (Å²) in [7, 11) is 5.41. The number of methoxy groups -OCH3 is 1. The molecule has 1 aromatic carbocycles. The number of likely N-dealkylation sites (N-methyl/N-ethyl adjacent to an activating group) is 2. The first-order chi connectivity index (χ1) is 10.5. The van der Waals surface area contributed by atoms with Crippen LogP contribution in [0.5, 0.6) is 0 Å². The molecule has 1 aromatic rings. The first kappa shape index (κ1) is 16.4. The van der Waals surface area contributed by atoms with E-state index in [0.29, 0.717) is 12.1 Å². The van der Waals surface area contributed by atoms with Gasteiger partial charge in [0.25, 0.3) is 5.91 Å². The molecular formula is C16H20FN3O2. The molecule has 118 valence electrons. The van der Waals surface area contributed by atoms with Crippen LogP contribution in [0, 0.1) is 17.1 Å². The number of benzene rings is 1. The van der Waals surface area contributed by atoms with Crippen molar-refractivity contribution in [2.75, 3.05) is 34.3 Å². The molecule has 22 heavy (non-hydrogen) atoms. The van der Waals surface area contributed by atoms with Crippen molar-refractivity contribution in [1.29, 1.82) is 5.26 Å². The minimum atomic E-state index is -0.611. The van der Waals surface area contributed by atoms with E-state index in [1.54, 1.807) is 25.1 Å². The summed E-state index contributed by atoms with van der Waals surface area (Å²) in [4.78, 5) is 16.2. The van der Waals surface area contributed by atoms with Gasteiger partial charge in [-0.1, -0.05) is 0 Å². The average molecular weight is 305 g/mol. The third-order valence-electron chi connectivity index (χ3n) is 4.15. The Bertz CT molecular complexity index is 600. The Morgan fingerprint density at radius 3 is 2.91 bits per heavy atom. The quantitative estimate of drug-likeness (QED) is 0.845. The number of nitriles is 1. The first-order valence-electron chi connectivity index (χ1n) is 7.14. The predicted octanol–water partition coefficient (Wildman–Crippen LogP) is 1.49. The van der Waals surface area contributed by atoms with Crippen molar-refractivity contribution in [1.82, 2.24) is 9.80 Å². The second-order valence-corrected chi connectivity index (χ2v) is 5.68. The van der Waals surface area contributed by atoms with Crippen LogP contribution < -0.4 is 0 Å². The molecule has 1 aliphatic heterocycles. The number of likely N-dealkylation sites (tertiary alicyclic amines) is 1. The minimum absolute atomic E-state index is 0.114. The number of carbonyl (C=O) groups excluding carboxylic acids is 1. The van der Waals surface area contributed by atoms with E-state index in [4.69, 9.17) is 10.00 Å². The second-order valence-electron chi connectivity index (χ2n) is 5.68. The van der Waals surface area contributed by atoms with E-state index in [9.17, 15) is 9.18 Å². The van der Waals surface area contributed by atoms with Crippen molar-refractivity contribution >= 4 is 5.91 Å². The largest absolute Gasteiger partial charge is 0.380 e. The lowest BCUT2D eigenvalue weighted by molar-refractivity contribution is 0.0760. The molecule has 0 aromatic heterocycles. The fourth-order valence-corrected chi connectivity index (χ4v) is 2.78. The molecule has 2 rings (SSSR count). The summed E-state index contributed by atoms with van der Waals surface area (Å²) in [6.07, 6.45) is 1.06. The number of ether oxygens (including phenoxy) is 1. The second kappa shape index (κ2) is 6.86. The normalized spacial score (nSPS) is 21.6. The maximum absolute atomic E-state index is 13.3. The van der Waals surface area contributed by atoms with Crippen molar-refractivity contribution in [2.24, 2.45) is 0 Å². The third-order valence-corrected chi connectivity index (χ3v) is 4.15. The molecule has 1 amide bonds. The molecule has 1 fully saturated rings. The number of nitrogens with zero attached hydrogens (tertiary/aromatic N) is 3. The van der Waals surface area contributed by atoms with E-state index in [0.717, 1.165) is 19.0 Å². The Balaban J connectivity index is 2.05.